The molecule has 43 heavy (non-hydrogen) atoms. The first-order chi connectivity index (χ1) is 20.3. The normalized spacial score (nSPS) is 22.3. The molecule has 2 aromatic heterocycles. The van der Waals surface area contributed by atoms with E-state index in [2.05, 4.69) is 35.1 Å². The van der Waals surface area contributed by atoms with Gasteiger partial charge in [0.2, 0.25) is 5.95 Å². The van der Waals surface area contributed by atoms with E-state index < -0.39 is 28.4 Å². The highest BCUT2D eigenvalue weighted by Crippen LogP contribution is 2.43. The highest BCUT2D eigenvalue weighted by atomic mass is 32.2. The van der Waals surface area contributed by atoms with Crippen molar-refractivity contribution in [2.75, 3.05) is 67.4 Å². The molecule has 0 aliphatic carbocycles. The number of aromatic nitrogens is 3. The molecule has 2 fully saturated rings. The van der Waals surface area contributed by atoms with Crippen LogP contribution in [0.25, 0.3) is 22.2 Å². The van der Waals surface area contributed by atoms with E-state index in [0.29, 0.717) is 36.8 Å². The number of nitrogens with two attached hydrogens (primary N) is 1. The van der Waals surface area contributed by atoms with E-state index in [-0.39, 0.29) is 42.6 Å². The molecule has 2 saturated heterocycles. The first-order valence-corrected chi connectivity index (χ1v) is 16.7. The van der Waals surface area contributed by atoms with Gasteiger partial charge in [-0.05, 0) is 55.5 Å². The molecule has 5 rings (SSSR count). The molecule has 0 unspecified atom stereocenters. The third-order valence-corrected chi connectivity index (χ3v) is 9.49. The van der Waals surface area contributed by atoms with Crippen molar-refractivity contribution in [3.63, 3.8) is 0 Å². The third-order valence-electron chi connectivity index (χ3n) is 8.45. The average Bonchev–Trinajstić information content (AvgIpc) is 2.94. The average molecular weight is 618 g/mol. The molecule has 234 valence electrons. The maximum absolute atomic E-state index is 15.1. The molecule has 2 aliphatic rings. The summed E-state index contributed by atoms with van der Waals surface area (Å²) in [7, 11) is -1.37. The molecule has 3 N–H and O–H groups in total. The third kappa shape index (κ3) is 6.53. The van der Waals surface area contributed by atoms with Crippen molar-refractivity contribution >= 4 is 38.1 Å². The Balaban J connectivity index is 1.53. The number of nitrogens with zero attached hydrogens (tertiary/aromatic N) is 5. The molecular formula is C30H41F2N7O3S. The van der Waals surface area contributed by atoms with Gasteiger partial charge in [-0.1, -0.05) is 19.9 Å². The van der Waals surface area contributed by atoms with Crippen LogP contribution in [0.5, 0.6) is 0 Å². The summed E-state index contributed by atoms with van der Waals surface area (Å²) in [6, 6.07) is 7.70. The molecule has 0 saturated carbocycles. The number of nitrogen functional groups attached to an aromatic ring is 1. The van der Waals surface area contributed by atoms with Crippen LogP contribution < -0.4 is 20.9 Å². The fourth-order valence-electron chi connectivity index (χ4n) is 6.14. The number of benzene rings is 1. The van der Waals surface area contributed by atoms with Gasteiger partial charge in [-0.15, -0.1) is 0 Å². The Morgan fingerprint density at radius 2 is 2.00 bits per heavy atom. The van der Waals surface area contributed by atoms with Gasteiger partial charge in [-0.3, -0.25) is 0 Å². The number of likely N-dealkylation sites (N-methyl/N-ethyl adjacent to an activating group) is 1. The van der Waals surface area contributed by atoms with Crippen molar-refractivity contribution < 1.29 is 21.9 Å². The minimum atomic E-state index is -3.11. The molecule has 4 heterocycles. The van der Waals surface area contributed by atoms with Gasteiger partial charge in [0, 0.05) is 55.1 Å². The molecule has 3 atom stereocenters. The van der Waals surface area contributed by atoms with Gasteiger partial charge in [0.15, 0.2) is 0 Å². The number of sulfone groups is 1. The number of rotatable bonds is 10. The fraction of sp³-hybridized carbons (Fsp3) is 0.567. The number of nitrogens with one attached hydrogen (secondary N) is 1. The van der Waals surface area contributed by atoms with Gasteiger partial charge < -0.3 is 25.6 Å². The molecule has 2 aliphatic heterocycles. The van der Waals surface area contributed by atoms with Crippen LogP contribution in [0.3, 0.4) is 0 Å². The predicted octanol–water partition coefficient (Wildman–Crippen LogP) is 3.72. The van der Waals surface area contributed by atoms with Crippen LogP contribution in [0, 0.1) is 5.92 Å². The van der Waals surface area contributed by atoms with Gasteiger partial charge in [0.1, 0.15) is 27.5 Å². The largest absolute Gasteiger partial charge is 0.384 e. The van der Waals surface area contributed by atoms with Gasteiger partial charge in [0.05, 0.1) is 24.6 Å². The molecule has 3 aromatic rings. The summed E-state index contributed by atoms with van der Waals surface area (Å²) in [6.07, 6.45) is 1.80. The Bertz CT molecular complexity index is 1590. The summed E-state index contributed by atoms with van der Waals surface area (Å²) in [4.78, 5) is 17.5. The van der Waals surface area contributed by atoms with E-state index in [9.17, 15) is 8.42 Å². The minimum Gasteiger partial charge on any atom is -0.384 e. The van der Waals surface area contributed by atoms with Crippen molar-refractivity contribution in [2.45, 2.75) is 51.2 Å². The van der Waals surface area contributed by atoms with Gasteiger partial charge in [-0.2, -0.15) is 0 Å². The second-order valence-corrected chi connectivity index (χ2v) is 14.3. The van der Waals surface area contributed by atoms with Gasteiger partial charge in [0.25, 0.3) is 5.92 Å². The topological polar surface area (TPSA) is 127 Å². The van der Waals surface area contributed by atoms with E-state index in [4.69, 9.17) is 20.4 Å². The predicted molar refractivity (Wildman–Crippen MR) is 167 cm³/mol. The molecule has 0 radical (unpaired) electrons. The van der Waals surface area contributed by atoms with Crippen LogP contribution in [0.4, 0.5) is 26.2 Å². The zero-order valence-corrected chi connectivity index (χ0v) is 26.2. The number of anilines is 3. The second-order valence-electron chi connectivity index (χ2n) is 12.1. The quantitative estimate of drug-likeness (QED) is 0.325. The lowest BCUT2D eigenvalue weighted by Gasteiger charge is -2.48. The maximum atomic E-state index is 15.1. The van der Waals surface area contributed by atoms with Crippen LogP contribution in [0.15, 0.2) is 30.5 Å². The Morgan fingerprint density at radius 1 is 1.23 bits per heavy atom. The smallest absolute Gasteiger partial charge is 0.290 e. The summed E-state index contributed by atoms with van der Waals surface area (Å²) in [6.45, 7) is 7.30. The monoisotopic (exact) mass is 617 g/mol. The number of pyridine rings is 1. The summed E-state index contributed by atoms with van der Waals surface area (Å²) >= 11 is 0. The number of ether oxygens (including phenoxy) is 1. The summed E-state index contributed by atoms with van der Waals surface area (Å²) in [5.41, 5.74) is 9.34. The van der Waals surface area contributed by atoms with Crippen LogP contribution >= 0.6 is 0 Å². The molecule has 1 aromatic carbocycles. The van der Waals surface area contributed by atoms with Crippen molar-refractivity contribution in [3.8, 4) is 11.4 Å². The highest BCUT2D eigenvalue weighted by molar-refractivity contribution is 7.90. The zero-order chi connectivity index (χ0) is 31.1. The lowest BCUT2D eigenvalue weighted by molar-refractivity contribution is -0.142. The van der Waals surface area contributed by atoms with E-state index >= 15 is 8.78 Å². The first-order valence-electron chi connectivity index (χ1n) is 14.7. The molecule has 0 bridgehead atoms. The van der Waals surface area contributed by atoms with Crippen LogP contribution in [-0.4, -0.2) is 93.3 Å². The number of halogens is 2. The molecule has 13 heteroatoms. The number of alkyl halides is 2. The molecule has 0 spiro atoms. The van der Waals surface area contributed by atoms with E-state index in [1.165, 1.54) is 11.2 Å². The number of fused-ring (bicyclic) bond motifs is 1. The van der Waals surface area contributed by atoms with Crippen molar-refractivity contribution in [1.82, 2.24) is 20.3 Å². The maximum Gasteiger partial charge on any atom is 0.290 e. The molecular weight excluding hydrogens is 576 g/mol. The van der Waals surface area contributed by atoms with Crippen LogP contribution in [-0.2, 0) is 14.6 Å². The Morgan fingerprint density at radius 3 is 2.65 bits per heavy atom. The summed E-state index contributed by atoms with van der Waals surface area (Å²) in [5.74, 6) is -2.23. The summed E-state index contributed by atoms with van der Waals surface area (Å²) in [5, 5.41) is 4.68. The second kappa shape index (κ2) is 12.1. The van der Waals surface area contributed by atoms with Crippen molar-refractivity contribution in [2.24, 2.45) is 5.92 Å². The van der Waals surface area contributed by atoms with Crippen molar-refractivity contribution in [3.05, 3.63) is 36.0 Å². The van der Waals surface area contributed by atoms with Crippen LogP contribution in [0.1, 0.15) is 38.7 Å². The lowest BCUT2D eigenvalue weighted by Crippen LogP contribution is -2.57. The zero-order valence-electron chi connectivity index (χ0n) is 25.3. The molecule has 0 amide bonds. The van der Waals surface area contributed by atoms with E-state index in [1.807, 2.05) is 19.1 Å². The lowest BCUT2D eigenvalue weighted by atomic mass is 9.87. The number of hydrogen-bond acceptors (Lipinski definition) is 10. The number of hydrogen-bond donors (Lipinski definition) is 2. The van der Waals surface area contributed by atoms with Crippen LogP contribution in [0.2, 0.25) is 0 Å². The van der Waals surface area contributed by atoms with E-state index in [1.54, 1.807) is 19.3 Å². The first kappa shape index (κ1) is 31.3. The SMILES string of the molecule is CNCCO[C@@H]1CCN(c2nccc(-c3nc(N)cc4c(C(C)C)ccc(N5C[C@H](CS(C)(=O)=O)[C@H]5C)c34)n2)CC1(F)F. The van der Waals surface area contributed by atoms with Gasteiger partial charge >= 0.3 is 0 Å². The minimum absolute atomic E-state index is 0.00644. The van der Waals surface area contributed by atoms with E-state index in [0.717, 1.165) is 22.0 Å². The fourth-order valence-corrected chi connectivity index (χ4v) is 7.30. The Kier molecular flexibility index (Phi) is 8.79. The molecule has 10 nitrogen and oxygen atoms in total. The van der Waals surface area contributed by atoms with Crippen molar-refractivity contribution in [1.29, 1.82) is 0 Å². The number of piperidine rings is 1. The van der Waals surface area contributed by atoms with Gasteiger partial charge in [-0.25, -0.2) is 32.2 Å². The highest BCUT2D eigenvalue weighted by Gasteiger charge is 2.46. The Labute approximate surface area is 252 Å². The Hall–Kier alpha value is -3.16. The standard InChI is InChI=1S/C30H41F2N7O3S/c1-18(2)21-6-7-24(39-15-20(19(39)3)16-43(5,40)41)27-22(21)14-26(33)37-28(27)23-8-10-35-29(36-23)38-12-9-25(30(31,32)17-38)42-13-11-34-4/h6-8,10,14,18-20,25,34H,9,11-13,15-17H2,1-5H3,(H2,33,37)/t19-,20-,25-/m1/s1. The summed E-state index contributed by atoms with van der Waals surface area (Å²) < 4.78 is 59.6.